The third kappa shape index (κ3) is 6.30. The zero-order valence-corrected chi connectivity index (χ0v) is 6.08. The Balaban J connectivity index is 0.000000261. The summed E-state index contributed by atoms with van der Waals surface area (Å²) in [5, 5.41) is 13.6. The van der Waals surface area contributed by atoms with Crippen molar-refractivity contribution in [2.45, 2.75) is 0 Å². The van der Waals surface area contributed by atoms with Crippen molar-refractivity contribution in [2.24, 2.45) is 5.90 Å². The normalized spacial score (nSPS) is 7.75. The Morgan fingerprint density at radius 3 is 2.08 bits per heavy atom. The van der Waals surface area contributed by atoms with E-state index in [0.717, 1.165) is 0 Å². The predicted octanol–water partition coefficient (Wildman–Crippen LogP) is 0.591. The number of nitrogens with two attached hydrogens (primary N) is 1. The Kier molecular flexibility index (Phi) is 5.03. The van der Waals surface area contributed by atoms with Gasteiger partial charge in [-0.1, -0.05) is 18.2 Å². The molecule has 0 saturated heterocycles. The number of rotatable bonds is 1. The van der Waals surface area contributed by atoms with Gasteiger partial charge >= 0.3 is 0 Å². The van der Waals surface area contributed by atoms with Crippen LogP contribution in [-0.2, 0) is 0 Å². The molecule has 0 aromatic heterocycles. The van der Waals surface area contributed by atoms with E-state index in [2.05, 4.69) is 4.84 Å². The van der Waals surface area contributed by atoms with E-state index < -0.39 is 5.09 Å². The van der Waals surface area contributed by atoms with Crippen LogP contribution in [-0.4, -0.2) is 10.3 Å². The summed E-state index contributed by atoms with van der Waals surface area (Å²) >= 11 is 0. The van der Waals surface area contributed by atoms with Gasteiger partial charge in [-0.15, -0.1) is 10.1 Å². The van der Waals surface area contributed by atoms with Gasteiger partial charge in [0.2, 0.25) is 0 Å². The molecule has 0 bridgehead atoms. The van der Waals surface area contributed by atoms with Crippen molar-refractivity contribution in [2.75, 3.05) is 0 Å². The summed E-state index contributed by atoms with van der Waals surface area (Å²) in [6, 6.07) is 9.22. The largest absolute Gasteiger partial charge is 0.412 e. The molecule has 6 nitrogen and oxygen atoms in total. The maximum atomic E-state index is 8.36. The molecule has 1 aromatic rings. The minimum absolute atomic E-state index is 0.688. The SMILES string of the molecule is NOc1ccccc1.O=[N+]([O-])O. The number of benzene rings is 1. The van der Waals surface area contributed by atoms with Crippen molar-refractivity contribution < 1.29 is 15.1 Å². The Labute approximate surface area is 68.2 Å². The van der Waals surface area contributed by atoms with Crippen LogP contribution in [0.1, 0.15) is 0 Å². The molecule has 1 rings (SSSR count). The lowest BCUT2D eigenvalue weighted by Crippen LogP contribution is -2.00. The fourth-order valence-electron chi connectivity index (χ4n) is 0.499. The van der Waals surface area contributed by atoms with Crippen LogP contribution in [0.3, 0.4) is 0 Å². The summed E-state index contributed by atoms with van der Waals surface area (Å²) < 4.78 is 0. The molecule has 0 saturated carbocycles. The van der Waals surface area contributed by atoms with E-state index in [1.807, 2.05) is 18.2 Å². The smallest absolute Gasteiger partial charge is 0.291 e. The molecule has 0 amide bonds. The first-order valence-electron chi connectivity index (χ1n) is 2.92. The van der Waals surface area contributed by atoms with Crippen molar-refractivity contribution in [1.82, 2.24) is 0 Å². The fourth-order valence-corrected chi connectivity index (χ4v) is 0.499. The van der Waals surface area contributed by atoms with E-state index in [4.69, 9.17) is 21.2 Å². The molecule has 0 spiro atoms. The Bertz CT molecular complexity index is 222. The highest BCUT2D eigenvalue weighted by Gasteiger charge is 1.81. The van der Waals surface area contributed by atoms with E-state index in [-0.39, 0.29) is 0 Å². The van der Waals surface area contributed by atoms with E-state index in [9.17, 15) is 0 Å². The second-order valence-corrected chi connectivity index (χ2v) is 1.67. The molecule has 6 heteroatoms. The summed E-state index contributed by atoms with van der Waals surface area (Å²) in [4.78, 5) is 12.8. The Morgan fingerprint density at radius 2 is 1.83 bits per heavy atom. The lowest BCUT2D eigenvalue weighted by molar-refractivity contribution is -0.742. The molecule has 0 heterocycles. The molecule has 12 heavy (non-hydrogen) atoms. The van der Waals surface area contributed by atoms with E-state index in [1.165, 1.54) is 0 Å². The molecule has 0 radical (unpaired) electrons. The number of nitrogens with zero attached hydrogens (tertiary/aromatic N) is 1. The molecule has 0 aliphatic carbocycles. The molecule has 66 valence electrons. The minimum atomic E-state index is -1.50. The third-order valence-electron chi connectivity index (χ3n) is 0.879. The highest BCUT2D eigenvalue weighted by molar-refractivity contribution is 5.20. The Morgan fingerprint density at radius 1 is 1.42 bits per heavy atom. The monoisotopic (exact) mass is 172 g/mol. The number of hydrogen-bond acceptors (Lipinski definition) is 4. The van der Waals surface area contributed by atoms with Gasteiger partial charge in [-0.05, 0) is 12.1 Å². The highest BCUT2D eigenvalue weighted by Crippen LogP contribution is 2.04. The molecule has 0 aliphatic heterocycles. The van der Waals surface area contributed by atoms with Gasteiger partial charge in [0.05, 0.1) is 0 Å². The molecule has 0 atom stereocenters. The van der Waals surface area contributed by atoms with Crippen molar-refractivity contribution in [3.63, 3.8) is 0 Å². The molecule has 1 aromatic carbocycles. The van der Waals surface area contributed by atoms with E-state index in [1.54, 1.807) is 12.1 Å². The first-order chi connectivity index (χ1) is 5.66. The molecule has 0 fully saturated rings. The molecule has 3 N–H and O–H groups in total. The summed E-state index contributed by atoms with van der Waals surface area (Å²) in [6.45, 7) is 0. The van der Waals surface area contributed by atoms with E-state index >= 15 is 0 Å². The van der Waals surface area contributed by atoms with Crippen LogP contribution in [0.2, 0.25) is 0 Å². The third-order valence-corrected chi connectivity index (χ3v) is 0.879. The topological polar surface area (TPSA) is 98.6 Å². The van der Waals surface area contributed by atoms with E-state index in [0.29, 0.717) is 5.75 Å². The maximum Gasteiger partial charge on any atom is 0.291 e. The lowest BCUT2D eigenvalue weighted by Gasteiger charge is -1.92. The first-order valence-corrected chi connectivity index (χ1v) is 2.92. The summed E-state index contributed by atoms with van der Waals surface area (Å²) in [5.74, 6) is 5.54. The van der Waals surface area contributed by atoms with Crippen LogP contribution >= 0.6 is 0 Å². The van der Waals surface area contributed by atoms with Crippen LogP contribution in [0.5, 0.6) is 5.75 Å². The molecule has 0 unspecified atom stereocenters. The van der Waals surface area contributed by atoms with Crippen LogP contribution in [0.25, 0.3) is 0 Å². The van der Waals surface area contributed by atoms with Gasteiger partial charge in [-0.3, -0.25) is 0 Å². The standard InChI is InChI=1S/C6H7NO.HNO3/c7-8-6-4-2-1-3-5-6;2-1(3)4/h1-5H,7H2;(H,2,3,4). The van der Waals surface area contributed by atoms with Crippen LogP contribution < -0.4 is 10.7 Å². The van der Waals surface area contributed by atoms with Gasteiger partial charge in [0.15, 0.2) is 0 Å². The quantitative estimate of drug-likeness (QED) is 0.477. The second-order valence-electron chi connectivity index (χ2n) is 1.67. The second kappa shape index (κ2) is 5.93. The Hall–Kier alpha value is -1.82. The predicted molar refractivity (Wildman–Crippen MR) is 40.0 cm³/mol. The molecular weight excluding hydrogens is 164 g/mol. The summed E-state index contributed by atoms with van der Waals surface area (Å²) in [6.07, 6.45) is 0. The minimum Gasteiger partial charge on any atom is -0.412 e. The summed E-state index contributed by atoms with van der Waals surface area (Å²) in [5.41, 5.74) is 0. The van der Waals surface area contributed by atoms with Crippen molar-refractivity contribution in [3.05, 3.63) is 40.4 Å². The highest BCUT2D eigenvalue weighted by atomic mass is 16.9. The van der Waals surface area contributed by atoms with Crippen LogP contribution in [0.15, 0.2) is 30.3 Å². The first kappa shape index (κ1) is 10.2. The fraction of sp³-hybridized carbons (Fsp3) is 0. The van der Waals surface area contributed by atoms with Gasteiger partial charge in [0.25, 0.3) is 5.09 Å². The maximum absolute atomic E-state index is 8.36. The average molecular weight is 172 g/mol. The van der Waals surface area contributed by atoms with Crippen molar-refractivity contribution in [3.8, 4) is 5.75 Å². The zero-order chi connectivity index (χ0) is 9.40. The number of para-hydroxylation sites is 1. The van der Waals surface area contributed by atoms with Gasteiger partial charge < -0.3 is 10.0 Å². The summed E-state index contributed by atoms with van der Waals surface area (Å²) in [7, 11) is 0. The van der Waals surface area contributed by atoms with Crippen molar-refractivity contribution in [1.29, 1.82) is 0 Å². The molecular formula is C6H8N2O4. The van der Waals surface area contributed by atoms with Crippen LogP contribution in [0, 0.1) is 10.1 Å². The molecule has 0 aliphatic rings. The van der Waals surface area contributed by atoms with Crippen molar-refractivity contribution >= 4 is 0 Å². The van der Waals surface area contributed by atoms with Crippen LogP contribution in [0.4, 0.5) is 0 Å². The number of hydrogen-bond donors (Lipinski definition) is 2. The van der Waals surface area contributed by atoms with Gasteiger partial charge in [0, 0.05) is 0 Å². The average Bonchev–Trinajstić information content (AvgIpc) is 2.05. The van der Waals surface area contributed by atoms with Gasteiger partial charge in [-0.25, -0.2) is 0 Å². The lowest BCUT2D eigenvalue weighted by atomic mass is 10.3. The van der Waals surface area contributed by atoms with Gasteiger partial charge in [0.1, 0.15) is 5.75 Å². The van der Waals surface area contributed by atoms with Gasteiger partial charge in [-0.2, -0.15) is 5.90 Å². The zero-order valence-electron chi connectivity index (χ0n) is 6.08.